The molecule has 1 atom stereocenters. The van der Waals surface area contributed by atoms with Crippen molar-refractivity contribution in [3.05, 3.63) is 52.4 Å². The van der Waals surface area contributed by atoms with Crippen LogP contribution in [0.4, 0.5) is 0 Å². The predicted octanol–water partition coefficient (Wildman–Crippen LogP) is 4.73. The molecular weight excluding hydrogens is 260 g/mol. The number of hydrogen-bond acceptors (Lipinski definition) is 3. The lowest BCUT2D eigenvalue weighted by molar-refractivity contribution is 0.0994. The SMILES string of the molecule is Cc1ccc(C(=O)C(C)Sc2cccs2)cc1C. The van der Waals surface area contributed by atoms with Crippen molar-refractivity contribution < 1.29 is 4.79 Å². The van der Waals surface area contributed by atoms with Gasteiger partial charge < -0.3 is 0 Å². The molecule has 1 aromatic carbocycles. The monoisotopic (exact) mass is 276 g/mol. The van der Waals surface area contributed by atoms with Gasteiger partial charge in [-0.05, 0) is 49.4 Å². The van der Waals surface area contributed by atoms with E-state index in [4.69, 9.17) is 0 Å². The van der Waals surface area contributed by atoms with Gasteiger partial charge in [-0.25, -0.2) is 0 Å². The number of carbonyl (C=O) groups is 1. The Labute approximate surface area is 116 Å². The van der Waals surface area contributed by atoms with Crippen LogP contribution in [0, 0.1) is 13.8 Å². The number of hydrogen-bond donors (Lipinski definition) is 0. The summed E-state index contributed by atoms with van der Waals surface area (Å²) in [6, 6.07) is 10.0. The molecule has 0 amide bonds. The molecule has 0 aliphatic rings. The molecule has 18 heavy (non-hydrogen) atoms. The van der Waals surface area contributed by atoms with Crippen LogP contribution in [0.25, 0.3) is 0 Å². The molecule has 1 unspecified atom stereocenters. The van der Waals surface area contributed by atoms with Gasteiger partial charge in [0.05, 0.1) is 9.46 Å². The molecule has 0 N–H and O–H groups in total. The first-order valence-corrected chi connectivity index (χ1v) is 7.65. The quantitative estimate of drug-likeness (QED) is 0.593. The summed E-state index contributed by atoms with van der Waals surface area (Å²) >= 11 is 3.31. The average Bonchev–Trinajstić information content (AvgIpc) is 2.84. The van der Waals surface area contributed by atoms with E-state index in [1.54, 1.807) is 23.1 Å². The van der Waals surface area contributed by atoms with Crippen LogP contribution < -0.4 is 0 Å². The second-order valence-electron chi connectivity index (χ2n) is 4.36. The Morgan fingerprint density at radius 3 is 2.61 bits per heavy atom. The van der Waals surface area contributed by atoms with Gasteiger partial charge >= 0.3 is 0 Å². The average molecular weight is 276 g/mol. The van der Waals surface area contributed by atoms with Crippen LogP contribution in [-0.2, 0) is 0 Å². The number of carbonyl (C=O) groups excluding carboxylic acids is 1. The smallest absolute Gasteiger partial charge is 0.175 e. The number of aryl methyl sites for hydroxylation is 2. The fourth-order valence-electron chi connectivity index (χ4n) is 1.69. The lowest BCUT2D eigenvalue weighted by atomic mass is 10.0. The number of thioether (sulfide) groups is 1. The fourth-order valence-corrected chi connectivity index (χ4v) is 3.71. The largest absolute Gasteiger partial charge is 0.293 e. The minimum Gasteiger partial charge on any atom is -0.293 e. The summed E-state index contributed by atoms with van der Waals surface area (Å²) in [5, 5.41) is 2.00. The lowest BCUT2D eigenvalue weighted by Gasteiger charge is -2.10. The number of Topliss-reactive ketones (excluding diaryl/α,β-unsaturated/α-hetero) is 1. The van der Waals surface area contributed by atoms with Gasteiger partial charge in [-0.2, -0.15) is 0 Å². The Kier molecular flexibility index (Phi) is 4.25. The summed E-state index contributed by atoms with van der Waals surface area (Å²) in [5.74, 6) is 0.205. The van der Waals surface area contributed by atoms with Crippen molar-refractivity contribution in [1.82, 2.24) is 0 Å². The van der Waals surface area contributed by atoms with Crippen LogP contribution in [0.3, 0.4) is 0 Å². The highest BCUT2D eigenvalue weighted by molar-refractivity contribution is 8.02. The Balaban J connectivity index is 2.12. The fraction of sp³-hybridized carbons (Fsp3) is 0.267. The molecule has 0 saturated carbocycles. The van der Waals surface area contributed by atoms with Crippen molar-refractivity contribution in [2.75, 3.05) is 0 Å². The molecule has 0 saturated heterocycles. The van der Waals surface area contributed by atoms with E-state index < -0.39 is 0 Å². The van der Waals surface area contributed by atoms with E-state index in [1.807, 2.05) is 43.5 Å². The summed E-state index contributed by atoms with van der Waals surface area (Å²) < 4.78 is 1.19. The van der Waals surface area contributed by atoms with Crippen molar-refractivity contribution in [3.63, 3.8) is 0 Å². The van der Waals surface area contributed by atoms with E-state index in [9.17, 15) is 4.79 Å². The molecule has 0 aliphatic carbocycles. The zero-order chi connectivity index (χ0) is 13.1. The van der Waals surface area contributed by atoms with Crippen molar-refractivity contribution in [3.8, 4) is 0 Å². The maximum Gasteiger partial charge on any atom is 0.175 e. The number of ketones is 1. The topological polar surface area (TPSA) is 17.1 Å². The Morgan fingerprint density at radius 2 is 2.00 bits per heavy atom. The zero-order valence-electron chi connectivity index (χ0n) is 10.8. The van der Waals surface area contributed by atoms with Crippen molar-refractivity contribution in [2.45, 2.75) is 30.2 Å². The third kappa shape index (κ3) is 3.03. The van der Waals surface area contributed by atoms with E-state index in [0.717, 1.165) is 5.56 Å². The molecule has 0 fully saturated rings. The summed E-state index contributed by atoms with van der Waals surface area (Å²) in [6.45, 7) is 6.08. The van der Waals surface area contributed by atoms with Gasteiger partial charge in [0.1, 0.15) is 0 Å². The predicted molar refractivity (Wildman–Crippen MR) is 79.9 cm³/mol. The van der Waals surface area contributed by atoms with Gasteiger partial charge in [0, 0.05) is 5.56 Å². The van der Waals surface area contributed by atoms with Crippen molar-refractivity contribution in [2.24, 2.45) is 0 Å². The normalized spacial score (nSPS) is 12.4. The standard InChI is InChI=1S/C15H16OS2/c1-10-6-7-13(9-11(10)2)15(16)12(3)18-14-5-4-8-17-14/h4-9,12H,1-3H3. The van der Waals surface area contributed by atoms with E-state index in [2.05, 4.69) is 13.0 Å². The van der Waals surface area contributed by atoms with Gasteiger partial charge in [0.25, 0.3) is 0 Å². The maximum atomic E-state index is 12.3. The van der Waals surface area contributed by atoms with E-state index >= 15 is 0 Å². The third-order valence-electron chi connectivity index (χ3n) is 2.95. The Bertz CT molecular complexity index is 544. The van der Waals surface area contributed by atoms with E-state index in [-0.39, 0.29) is 11.0 Å². The Hall–Kier alpha value is -1.06. The highest BCUT2D eigenvalue weighted by Crippen LogP contribution is 2.29. The van der Waals surface area contributed by atoms with Crippen LogP contribution in [0.15, 0.2) is 39.9 Å². The molecule has 0 bridgehead atoms. The van der Waals surface area contributed by atoms with Crippen LogP contribution in [-0.4, -0.2) is 11.0 Å². The minimum absolute atomic E-state index is 0.0363. The summed E-state index contributed by atoms with van der Waals surface area (Å²) in [4.78, 5) is 12.3. The maximum absolute atomic E-state index is 12.3. The molecule has 0 aliphatic heterocycles. The molecule has 1 nitrogen and oxygen atoms in total. The summed E-state index contributed by atoms with van der Waals surface area (Å²) in [7, 11) is 0. The molecule has 3 heteroatoms. The molecule has 2 aromatic rings. The molecule has 1 heterocycles. The molecule has 94 valence electrons. The number of thiophene rings is 1. The summed E-state index contributed by atoms with van der Waals surface area (Å²) in [5.41, 5.74) is 3.22. The number of rotatable bonds is 4. The molecule has 0 radical (unpaired) electrons. The van der Waals surface area contributed by atoms with Crippen LogP contribution >= 0.6 is 23.1 Å². The zero-order valence-corrected chi connectivity index (χ0v) is 12.4. The first kappa shape index (κ1) is 13.4. The third-order valence-corrected chi connectivity index (χ3v) is 5.12. The van der Waals surface area contributed by atoms with Crippen molar-refractivity contribution in [1.29, 1.82) is 0 Å². The molecular formula is C15H16OS2. The van der Waals surface area contributed by atoms with Gasteiger partial charge in [-0.1, -0.05) is 18.2 Å². The van der Waals surface area contributed by atoms with Gasteiger partial charge in [-0.15, -0.1) is 23.1 Å². The molecule has 0 spiro atoms. The van der Waals surface area contributed by atoms with Crippen molar-refractivity contribution >= 4 is 28.9 Å². The van der Waals surface area contributed by atoms with E-state index in [1.165, 1.54) is 15.3 Å². The minimum atomic E-state index is -0.0363. The first-order valence-electron chi connectivity index (χ1n) is 5.89. The summed E-state index contributed by atoms with van der Waals surface area (Å²) in [6.07, 6.45) is 0. The van der Waals surface area contributed by atoms with Gasteiger partial charge in [-0.3, -0.25) is 4.79 Å². The molecule has 2 rings (SSSR count). The Morgan fingerprint density at radius 1 is 1.22 bits per heavy atom. The second-order valence-corrected chi connectivity index (χ2v) is 6.94. The number of benzene rings is 1. The lowest BCUT2D eigenvalue weighted by Crippen LogP contribution is -2.13. The highest BCUT2D eigenvalue weighted by Gasteiger charge is 2.17. The van der Waals surface area contributed by atoms with Gasteiger partial charge in [0.2, 0.25) is 0 Å². The highest BCUT2D eigenvalue weighted by atomic mass is 32.2. The van der Waals surface area contributed by atoms with E-state index in [0.29, 0.717) is 0 Å². The van der Waals surface area contributed by atoms with Gasteiger partial charge in [0.15, 0.2) is 5.78 Å². The van der Waals surface area contributed by atoms with Crippen LogP contribution in [0.5, 0.6) is 0 Å². The van der Waals surface area contributed by atoms with Crippen LogP contribution in [0.1, 0.15) is 28.4 Å². The molecule has 1 aromatic heterocycles. The van der Waals surface area contributed by atoms with Crippen LogP contribution in [0.2, 0.25) is 0 Å². The second kappa shape index (κ2) is 5.72. The first-order chi connectivity index (χ1) is 8.58.